The number of ether oxygens (including phenoxy) is 1. The van der Waals surface area contributed by atoms with Crippen molar-refractivity contribution in [3.8, 4) is 0 Å². The Hall–Kier alpha value is -2.79. The molecule has 13 heteroatoms. The smallest absolute Gasteiger partial charge is 0.465 e. The SMILES string of the molecule is C=C(C)C(=O)OOP(=O)(OOC(=O)C(=C)C)OOC(=O)/C(C)=C/C1CCCCOC1=O. The lowest BCUT2D eigenvalue weighted by atomic mass is 10.0. The Morgan fingerprint density at radius 2 is 1.42 bits per heavy atom. The van der Waals surface area contributed by atoms with E-state index >= 15 is 0 Å². The van der Waals surface area contributed by atoms with Gasteiger partial charge in [0.25, 0.3) is 0 Å². The van der Waals surface area contributed by atoms with Crippen LogP contribution in [0.5, 0.6) is 0 Å². The molecule has 1 unspecified atom stereocenters. The Kier molecular flexibility index (Phi) is 10.3. The van der Waals surface area contributed by atoms with E-state index in [1.807, 2.05) is 0 Å². The zero-order valence-electron chi connectivity index (χ0n) is 17.2. The third kappa shape index (κ3) is 9.26. The van der Waals surface area contributed by atoms with Crippen LogP contribution in [-0.2, 0) is 57.2 Å². The third-order valence-corrected chi connectivity index (χ3v) is 4.31. The van der Waals surface area contributed by atoms with Crippen LogP contribution in [0.3, 0.4) is 0 Å². The van der Waals surface area contributed by atoms with Gasteiger partial charge in [0.1, 0.15) is 0 Å². The topological polar surface area (TPSA) is 150 Å². The molecule has 0 spiro atoms. The molecule has 1 rings (SSSR count). The van der Waals surface area contributed by atoms with E-state index in [0.29, 0.717) is 25.9 Å². The summed E-state index contributed by atoms with van der Waals surface area (Å²) in [4.78, 5) is 59.5. The van der Waals surface area contributed by atoms with Crippen LogP contribution in [0.4, 0.5) is 0 Å². The molecule has 0 amide bonds. The number of cyclic esters (lactones) is 1. The average molecular weight is 462 g/mol. The van der Waals surface area contributed by atoms with Gasteiger partial charge < -0.3 is 4.74 Å². The van der Waals surface area contributed by atoms with E-state index in [1.54, 1.807) is 0 Å². The van der Waals surface area contributed by atoms with Crippen molar-refractivity contribution in [2.24, 2.45) is 5.92 Å². The molecule has 0 radical (unpaired) electrons. The maximum atomic E-state index is 12.4. The summed E-state index contributed by atoms with van der Waals surface area (Å²) in [7, 11) is -5.09. The number of esters is 1. The first-order valence-electron chi connectivity index (χ1n) is 8.93. The maximum absolute atomic E-state index is 12.4. The molecular formula is C18H23O12P. The van der Waals surface area contributed by atoms with Crippen LogP contribution in [0.2, 0.25) is 0 Å². The summed E-state index contributed by atoms with van der Waals surface area (Å²) < 4.78 is 30.2. The second kappa shape index (κ2) is 12.2. The van der Waals surface area contributed by atoms with Crippen LogP contribution < -0.4 is 0 Å². The van der Waals surface area contributed by atoms with E-state index in [-0.39, 0.29) is 16.7 Å². The fourth-order valence-electron chi connectivity index (χ4n) is 1.87. The van der Waals surface area contributed by atoms with E-state index in [0.717, 1.165) is 0 Å². The fourth-order valence-corrected chi connectivity index (χ4v) is 2.42. The van der Waals surface area contributed by atoms with Crippen LogP contribution in [0.15, 0.2) is 36.0 Å². The minimum atomic E-state index is -5.09. The van der Waals surface area contributed by atoms with Crippen molar-refractivity contribution in [3.63, 3.8) is 0 Å². The van der Waals surface area contributed by atoms with Crippen molar-refractivity contribution >= 4 is 31.7 Å². The number of carbonyl (C=O) groups is 4. The van der Waals surface area contributed by atoms with Gasteiger partial charge in [0.15, 0.2) is 0 Å². The van der Waals surface area contributed by atoms with Gasteiger partial charge in [-0.15, -0.1) is 0 Å². The molecule has 1 aliphatic heterocycles. The summed E-state index contributed by atoms with van der Waals surface area (Å²) in [6, 6.07) is 0. The van der Waals surface area contributed by atoms with Gasteiger partial charge in [-0.2, -0.15) is 0 Å². The molecule has 0 bridgehead atoms. The fraction of sp³-hybridized carbons (Fsp3) is 0.444. The lowest BCUT2D eigenvalue weighted by molar-refractivity contribution is -0.292. The van der Waals surface area contributed by atoms with Gasteiger partial charge in [0.2, 0.25) is 0 Å². The Bertz CT molecular complexity index is 793. The number of carbonyl (C=O) groups excluding carboxylic acids is 4. The van der Waals surface area contributed by atoms with Gasteiger partial charge in [-0.05, 0) is 40.0 Å². The van der Waals surface area contributed by atoms with Gasteiger partial charge in [-0.3, -0.25) is 19.5 Å². The van der Waals surface area contributed by atoms with E-state index in [2.05, 4.69) is 41.8 Å². The first-order valence-corrected chi connectivity index (χ1v) is 10.4. The molecule has 1 fully saturated rings. The molecule has 12 nitrogen and oxygen atoms in total. The van der Waals surface area contributed by atoms with Crippen molar-refractivity contribution in [2.45, 2.75) is 40.0 Å². The third-order valence-electron chi connectivity index (χ3n) is 3.54. The molecule has 0 aromatic carbocycles. The minimum Gasteiger partial charge on any atom is -0.465 e. The lowest BCUT2D eigenvalue weighted by Gasteiger charge is -2.13. The molecule has 1 heterocycles. The molecule has 1 saturated heterocycles. The molecule has 0 aromatic rings. The number of phosphoric acid groups is 1. The molecule has 1 aliphatic rings. The Balaban J connectivity index is 2.82. The summed E-state index contributed by atoms with van der Waals surface area (Å²) >= 11 is 0. The van der Waals surface area contributed by atoms with Gasteiger partial charge in [0, 0.05) is 16.7 Å². The molecule has 172 valence electrons. The quantitative estimate of drug-likeness (QED) is 0.154. The summed E-state index contributed by atoms with van der Waals surface area (Å²) in [5.74, 6) is -4.67. The molecule has 0 N–H and O–H groups in total. The van der Waals surface area contributed by atoms with Crippen LogP contribution in [0.1, 0.15) is 40.0 Å². The van der Waals surface area contributed by atoms with E-state index in [1.165, 1.54) is 26.8 Å². The highest BCUT2D eigenvalue weighted by atomic mass is 31.2. The van der Waals surface area contributed by atoms with Crippen molar-refractivity contribution < 1.29 is 57.2 Å². The molecule has 0 aromatic heterocycles. The number of hydrogen-bond donors (Lipinski definition) is 0. The van der Waals surface area contributed by atoms with Crippen LogP contribution in [0, 0.1) is 5.92 Å². The van der Waals surface area contributed by atoms with Crippen molar-refractivity contribution in [2.75, 3.05) is 6.61 Å². The molecule has 0 saturated carbocycles. The predicted molar refractivity (Wildman–Crippen MR) is 101 cm³/mol. The van der Waals surface area contributed by atoms with E-state index in [4.69, 9.17) is 4.74 Å². The van der Waals surface area contributed by atoms with Crippen LogP contribution in [0.25, 0.3) is 0 Å². The zero-order valence-corrected chi connectivity index (χ0v) is 18.1. The predicted octanol–water partition coefficient (Wildman–Crippen LogP) is 2.96. The second-order valence-electron chi connectivity index (χ2n) is 6.46. The highest BCUT2D eigenvalue weighted by Crippen LogP contribution is 2.50. The Labute approximate surface area is 178 Å². The highest BCUT2D eigenvalue weighted by Gasteiger charge is 2.38. The summed E-state index contributed by atoms with van der Waals surface area (Å²) in [6.45, 7) is 10.6. The Morgan fingerprint density at radius 1 is 0.935 bits per heavy atom. The Morgan fingerprint density at radius 3 is 1.90 bits per heavy atom. The maximum Gasteiger partial charge on any atom is 0.584 e. The first kappa shape index (κ1) is 26.2. The normalized spacial score (nSPS) is 17.1. The number of hydrogen-bond acceptors (Lipinski definition) is 12. The standard InChI is InChI=1S/C18H23O12P/c1-11(2)15(19)25-28-31(23,29-26-16(20)12(3)4)30-27-17(21)13(5)10-14-8-6-7-9-24-18(14)22/h10,14H,1,3,6-9H2,2,4-5H3/b13-10+. The van der Waals surface area contributed by atoms with Gasteiger partial charge >= 0.3 is 31.7 Å². The van der Waals surface area contributed by atoms with Crippen molar-refractivity contribution in [1.29, 1.82) is 0 Å². The van der Waals surface area contributed by atoms with E-state index < -0.39 is 37.6 Å². The number of rotatable bonds is 10. The first-order chi connectivity index (χ1) is 14.4. The molecular weight excluding hydrogens is 439 g/mol. The highest BCUT2D eigenvalue weighted by molar-refractivity contribution is 7.48. The van der Waals surface area contributed by atoms with Gasteiger partial charge in [0.05, 0.1) is 12.5 Å². The van der Waals surface area contributed by atoms with Gasteiger partial charge in [-0.25, -0.2) is 18.9 Å². The van der Waals surface area contributed by atoms with Crippen LogP contribution in [-0.4, -0.2) is 30.5 Å². The summed E-state index contributed by atoms with van der Waals surface area (Å²) in [6.07, 6.45) is 3.17. The van der Waals surface area contributed by atoms with Crippen molar-refractivity contribution in [3.05, 3.63) is 36.0 Å². The van der Waals surface area contributed by atoms with E-state index in [9.17, 15) is 23.7 Å². The largest absolute Gasteiger partial charge is 0.584 e. The molecule has 31 heavy (non-hydrogen) atoms. The minimum absolute atomic E-state index is 0.0896. The van der Waals surface area contributed by atoms with Gasteiger partial charge in [-0.1, -0.05) is 33.3 Å². The molecule has 0 aliphatic carbocycles. The molecule has 1 atom stereocenters. The monoisotopic (exact) mass is 462 g/mol. The summed E-state index contributed by atoms with van der Waals surface area (Å²) in [5.41, 5.74) is -0.374. The zero-order chi connectivity index (χ0) is 23.6. The second-order valence-corrected chi connectivity index (χ2v) is 7.80. The average Bonchev–Trinajstić information content (AvgIpc) is 2.92. The van der Waals surface area contributed by atoms with Crippen LogP contribution >= 0.6 is 7.82 Å². The van der Waals surface area contributed by atoms with Crippen molar-refractivity contribution in [1.82, 2.24) is 0 Å². The lowest BCUT2D eigenvalue weighted by Crippen LogP contribution is -2.16. The summed E-state index contributed by atoms with van der Waals surface area (Å²) in [5, 5.41) is 0.